The Kier molecular flexibility index (Phi) is 6.86. The van der Waals surface area contributed by atoms with Gasteiger partial charge in [0.15, 0.2) is 0 Å². The molecule has 110 valence electrons. The Balaban J connectivity index is 5.80. The lowest BCUT2D eigenvalue weighted by atomic mass is 10.5. The van der Waals surface area contributed by atoms with Crippen molar-refractivity contribution < 1.29 is 4.58 Å². The van der Waals surface area contributed by atoms with Crippen LogP contribution in [0, 0.1) is 11.5 Å². The van der Waals surface area contributed by atoms with Crippen molar-refractivity contribution in [2.45, 2.75) is 58.2 Å². The monoisotopic (exact) mass is 281 g/mol. The lowest BCUT2D eigenvalue weighted by Gasteiger charge is -2.37. The van der Waals surface area contributed by atoms with E-state index in [1.807, 2.05) is 0 Å². The van der Waals surface area contributed by atoms with E-state index in [9.17, 15) is 0 Å². The Morgan fingerprint density at radius 2 is 1.26 bits per heavy atom. The first-order chi connectivity index (χ1) is 8.57. The molecule has 0 N–H and O–H groups in total. The standard InChI is InChI=1S/C16H33N2Si/c1-13(2)19(14(3)4,15(5)6)12-11-16(17(7)8)18(9)10/h13-15H,1-10H3/q+1. The predicted molar refractivity (Wildman–Crippen MR) is 89.6 cm³/mol. The molecule has 0 heterocycles. The Morgan fingerprint density at radius 3 is 1.47 bits per heavy atom. The summed E-state index contributed by atoms with van der Waals surface area (Å²) < 4.78 is 2.10. The van der Waals surface area contributed by atoms with Gasteiger partial charge in [0.2, 0.25) is 0 Å². The van der Waals surface area contributed by atoms with Crippen LogP contribution in [0.1, 0.15) is 41.5 Å². The lowest BCUT2D eigenvalue weighted by molar-refractivity contribution is -0.468. The van der Waals surface area contributed by atoms with Crippen molar-refractivity contribution >= 4 is 13.9 Å². The maximum Gasteiger partial charge on any atom is 0.323 e. The molecule has 2 nitrogen and oxygen atoms in total. The van der Waals surface area contributed by atoms with Crippen molar-refractivity contribution in [1.29, 1.82) is 0 Å². The minimum atomic E-state index is -1.62. The molecule has 0 spiro atoms. The molecule has 0 saturated heterocycles. The van der Waals surface area contributed by atoms with E-state index in [0.717, 1.165) is 5.84 Å². The molecule has 0 unspecified atom stereocenters. The van der Waals surface area contributed by atoms with Crippen LogP contribution >= 0.6 is 0 Å². The summed E-state index contributed by atoms with van der Waals surface area (Å²) in [5.74, 6) is 4.58. The van der Waals surface area contributed by atoms with Gasteiger partial charge in [0.05, 0.1) is 28.2 Å². The van der Waals surface area contributed by atoms with Gasteiger partial charge in [-0.1, -0.05) is 41.5 Å². The van der Waals surface area contributed by atoms with Gasteiger partial charge in [-0.15, -0.1) is 5.54 Å². The molecular weight excluding hydrogens is 248 g/mol. The summed E-state index contributed by atoms with van der Waals surface area (Å²) in [4.78, 5) is 2.10. The van der Waals surface area contributed by atoms with Crippen LogP contribution in [0.2, 0.25) is 16.6 Å². The highest BCUT2D eigenvalue weighted by atomic mass is 28.3. The Hall–Kier alpha value is -0.753. The SMILES string of the molecule is CC(C)[Si](C#CC(N(C)C)=[N+](C)C)(C(C)C)C(C)C. The second-order valence-corrected chi connectivity index (χ2v) is 12.3. The van der Waals surface area contributed by atoms with Crippen LogP contribution in [0.25, 0.3) is 0 Å². The first-order valence-electron chi connectivity index (χ1n) is 7.32. The minimum absolute atomic E-state index is 0.686. The van der Waals surface area contributed by atoms with Gasteiger partial charge in [0.25, 0.3) is 0 Å². The summed E-state index contributed by atoms with van der Waals surface area (Å²) in [6.45, 7) is 14.1. The average Bonchev–Trinajstić information content (AvgIpc) is 2.21. The number of rotatable bonds is 3. The zero-order valence-corrected chi connectivity index (χ0v) is 15.6. The van der Waals surface area contributed by atoms with Crippen LogP contribution in [-0.4, -0.2) is 51.6 Å². The summed E-state index contributed by atoms with van der Waals surface area (Å²) in [6, 6.07) is 0. The zero-order valence-electron chi connectivity index (χ0n) is 14.6. The molecule has 0 rings (SSSR count). The molecule has 0 aliphatic rings. The van der Waals surface area contributed by atoms with E-state index in [1.54, 1.807) is 0 Å². The number of hydrogen-bond acceptors (Lipinski definition) is 0. The molecule has 19 heavy (non-hydrogen) atoms. The van der Waals surface area contributed by atoms with E-state index >= 15 is 0 Å². The molecule has 0 amide bonds. The minimum Gasteiger partial charge on any atom is -0.260 e. The molecule has 0 aromatic rings. The van der Waals surface area contributed by atoms with Crippen LogP contribution < -0.4 is 0 Å². The first-order valence-corrected chi connectivity index (χ1v) is 9.55. The van der Waals surface area contributed by atoms with Gasteiger partial charge < -0.3 is 0 Å². The van der Waals surface area contributed by atoms with Crippen molar-refractivity contribution in [3.05, 3.63) is 0 Å². The van der Waals surface area contributed by atoms with E-state index in [4.69, 9.17) is 0 Å². The molecule has 0 aromatic carbocycles. The Labute approximate surface area is 121 Å². The second kappa shape index (κ2) is 7.14. The largest absolute Gasteiger partial charge is 0.323 e. The molecule has 0 bridgehead atoms. The molecule has 0 fully saturated rings. The van der Waals surface area contributed by atoms with E-state index in [0.29, 0.717) is 16.6 Å². The maximum absolute atomic E-state index is 3.76. The van der Waals surface area contributed by atoms with E-state index in [1.165, 1.54) is 0 Å². The van der Waals surface area contributed by atoms with Gasteiger partial charge >= 0.3 is 5.84 Å². The van der Waals surface area contributed by atoms with Crippen molar-refractivity contribution in [2.24, 2.45) is 0 Å². The molecule has 3 heteroatoms. The van der Waals surface area contributed by atoms with Crippen molar-refractivity contribution in [2.75, 3.05) is 28.2 Å². The van der Waals surface area contributed by atoms with Gasteiger partial charge in [-0.2, -0.15) is 0 Å². The zero-order chi connectivity index (χ0) is 15.4. The Bertz CT molecular complexity index is 356. The van der Waals surface area contributed by atoms with Crippen LogP contribution in [0.5, 0.6) is 0 Å². The third-order valence-corrected chi connectivity index (χ3v) is 10.4. The molecule has 0 radical (unpaired) electrons. The fourth-order valence-corrected chi connectivity index (χ4v) is 8.42. The number of nitrogens with zero attached hydrogens (tertiary/aromatic N) is 2. The Morgan fingerprint density at radius 1 is 0.895 bits per heavy atom. The summed E-state index contributed by atoms with van der Waals surface area (Å²) in [6.07, 6.45) is 0. The van der Waals surface area contributed by atoms with Gasteiger partial charge in [-0.25, -0.2) is 0 Å². The second-order valence-electron chi connectivity index (χ2n) is 6.76. The molecule has 0 aliphatic heterocycles. The summed E-state index contributed by atoms with van der Waals surface area (Å²) in [5.41, 5.74) is 5.82. The highest BCUT2D eigenvalue weighted by Crippen LogP contribution is 2.40. The molecular formula is C16H33N2Si+. The van der Waals surface area contributed by atoms with Gasteiger partial charge in [-0.3, -0.25) is 9.48 Å². The first kappa shape index (κ1) is 18.2. The van der Waals surface area contributed by atoms with Gasteiger partial charge in [0, 0.05) is 5.92 Å². The predicted octanol–water partition coefficient (Wildman–Crippen LogP) is 3.44. The van der Waals surface area contributed by atoms with Gasteiger partial charge in [0.1, 0.15) is 8.07 Å². The van der Waals surface area contributed by atoms with Crippen molar-refractivity contribution in [3.8, 4) is 11.5 Å². The topological polar surface area (TPSA) is 6.25 Å². The van der Waals surface area contributed by atoms with E-state index < -0.39 is 8.07 Å². The third kappa shape index (κ3) is 4.11. The van der Waals surface area contributed by atoms with Crippen LogP contribution in [0.15, 0.2) is 0 Å². The van der Waals surface area contributed by atoms with Crippen LogP contribution in [-0.2, 0) is 0 Å². The van der Waals surface area contributed by atoms with Crippen LogP contribution in [0.3, 0.4) is 0 Å². The smallest absolute Gasteiger partial charge is 0.260 e. The quantitative estimate of drug-likeness (QED) is 0.252. The normalized spacial score (nSPS) is 11.6. The van der Waals surface area contributed by atoms with E-state index in [-0.39, 0.29) is 0 Å². The maximum atomic E-state index is 3.76. The highest BCUT2D eigenvalue weighted by Gasteiger charge is 2.42. The number of amidine groups is 1. The lowest BCUT2D eigenvalue weighted by Crippen LogP contribution is -2.43. The molecule has 0 saturated carbocycles. The molecule has 0 aromatic heterocycles. The fraction of sp³-hybridized carbons (Fsp3) is 0.812. The molecule has 0 aliphatic carbocycles. The van der Waals surface area contributed by atoms with Crippen molar-refractivity contribution in [1.82, 2.24) is 4.90 Å². The number of hydrogen-bond donors (Lipinski definition) is 0. The highest BCUT2D eigenvalue weighted by molar-refractivity contribution is 6.90. The fourth-order valence-electron chi connectivity index (χ4n) is 3.22. The van der Waals surface area contributed by atoms with Crippen LogP contribution in [0.4, 0.5) is 0 Å². The molecule has 0 atom stereocenters. The van der Waals surface area contributed by atoms with Gasteiger partial charge in [-0.05, 0) is 16.6 Å². The summed E-state index contributed by atoms with van der Waals surface area (Å²) >= 11 is 0. The third-order valence-electron chi connectivity index (χ3n) is 4.10. The average molecular weight is 282 g/mol. The summed E-state index contributed by atoms with van der Waals surface area (Å²) in [5, 5.41) is 0. The van der Waals surface area contributed by atoms with Crippen molar-refractivity contribution in [3.63, 3.8) is 0 Å². The van der Waals surface area contributed by atoms with E-state index in [2.05, 4.69) is 90.7 Å². The summed E-state index contributed by atoms with van der Waals surface area (Å²) in [7, 11) is 6.63.